The van der Waals surface area contributed by atoms with Gasteiger partial charge in [0.15, 0.2) is 6.29 Å². The molecule has 0 spiro atoms. The zero-order valence-electron chi connectivity index (χ0n) is 14.6. The third kappa shape index (κ3) is 17.3. The van der Waals surface area contributed by atoms with Crippen LogP contribution in [0, 0.1) is 0 Å². The third-order valence-corrected chi connectivity index (χ3v) is 3.56. The summed E-state index contributed by atoms with van der Waals surface area (Å²) in [5, 5.41) is 42.5. The van der Waals surface area contributed by atoms with Gasteiger partial charge in [0.2, 0.25) is 0 Å². The van der Waals surface area contributed by atoms with Crippen LogP contribution in [-0.2, 0) is 9.59 Å². The minimum absolute atomic E-state index is 0.0869. The van der Waals surface area contributed by atoms with E-state index in [0.29, 0.717) is 6.42 Å². The Kier molecular flexibility index (Phi) is 19.3. The average Bonchev–Trinajstić information content (AvgIpc) is 2.58. The Morgan fingerprint density at radius 3 is 1.75 bits per heavy atom. The van der Waals surface area contributed by atoms with Crippen molar-refractivity contribution in [1.82, 2.24) is 0 Å². The van der Waals surface area contributed by atoms with Gasteiger partial charge in [-0.3, -0.25) is 4.79 Å². The lowest BCUT2D eigenvalue weighted by Crippen LogP contribution is -2.40. The number of aldehydes is 1. The average molecular weight is 350 g/mol. The molecule has 0 saturated carbocycles. The maximum absolute atomic E-state index is 10.2. The van der Waals surface area contributed by atoms with Gasteiger partial charge in [0, 0.05) is 6.42 Å². The number of hydrogen-bond acceptors (Lipinski definition) is 6. The molecule has 0 rings (SSSR count). The van der Waals surface area contributed by atoms with E-state index in [-0.39, 0.29) is 6.29 Å². The number of hydrogen-bond donors (Lipinski definition) is 5. The highest BCUT2D eigenvalue weighted by Crippen LogP contribution is 2.10. The first-order chi connectivity index (χ1) is 11.4. The molecule has 7 nitrogen and oxygen atoms in total. The Morgan fingerprint density at radius 2 is 1.38 bits per heavy atom. The van der Waals surface area contributed by atoms with Crippen molar-refractivity contribution in [2.75, 3.05) is 6.61 Å². The summed E-state index contributed by atoms with van der Waals surface area (Å²) < 4.78 is 0. The molecule has 0 aromatic heterocycles. The molecule has 0 saturated heterocycles. The first-order valence-corrected chi connectivity index (χ1v) is 8.72. The van der Waals surface area contributed by atoms with Gasteiger partial charge in [0.1, 0.15) is 18.3 Å². The quantitative estimate of drug-likeness (QED) is 0.235. The molecule has 0 heterocycles. The van der Waals surface area contributed by atoms with Gasteiger partial charge in [-0.25, -0.2) is 0 Å². The highest BCUT2D eigenvalue weighted by Gasteiger charge is 2.22. The molecule has 0 amide bonds. The van der Waals surface area contributed by atoms with Crippen molar-refractivity contribution in [2.45, 2.75) is 89.4 Å². The molecule has 0 fully saturated rings. The summed E-state index contributed by atoms with van der Waals surface area (Å²) in [6.07, 6.45) is 6.85. The molecule has 24 heavy (non-hydrogen) atoms. The molecule has 0 aliphatic heterocycles. The van der Waals surface area contributed by atoms with Crippen LogP contribution in [-0.4, -0.2) is 62.7 Å². The van der Waals surface area contributed by atoms with Crippen LogP contribution in [0.5, 0.6) is 0 Å². The van der Waals surface area contributed by atoms with Crippen molar-refractivity contribution in [3.63, 3.8) is 0 Å². The third-order valence-electron chi connectivity index (χ3n) is 3.56. The zero-order chi connectivity index (χ0) is 18.8. The Morgan fingerprint density at radius 1 is 0.917 bits per heavy atom. The molecule has 0 aromatic carbocycles. The number of aliphatic hydroxyl groups excluding tert-OH is 4. The van der Waals surface area contributed by atoms with E-state index in [2.05, 4.69) is 6.92 Å². The fourth-order valence-electron chi connectivity index (χ4n) is 2.00. The lowest BCUT2D eigenvalue weighted by atomic mass is 10.1. The Balaban J connectivity index is 0. The van der Waals surface area contributed by atoms with E-state index in [4.69, 9.17) is 25.5 Å². The van der Waals surface area contributed by atoms with Crippen LogP contribution in [0.4, 0.5) is 0 Å². The summed E-state index contributed by atoms with van der Waals surface area (Å²) in [7, 11) is 0. The predicted molar refractivity (Wildman–Crippen MR) is 90.7 cm³/mol. The van der Waals surface area contributed by atoms with Crippen molar-refractivity contribution in [2.24, 2.45) is 0 Å². The van der Waals surface area contributed by atoms with Crippen LogP contribution in [0.2, 0.25) is 0 Å². The zero-order valence-corrected chi connectivity index (χ0v) is 14.6. The number of rotatable bonds is 14. The molecular formula is C17H34O7. The number of carbonyl (C=O) groups excluding carboxylic acids is 1. The Bertz CT molecular complexity index is 297. The molecule has 0 radical (unpaired) electrons. The van der Waals surface area contributed by atoms with Gasteiger partial charge in [0.25, 0.3) is 0 Å². The minimum atomic E-state index is -1.64. The SMILES string of the molecule is CCCCCCCCCCCC(=O)O.O=CC(O)C(O)C(O)CO. The normalized spacial score (nSPS) is 14.2. The van der Waals surface area contributed by atoms with E-state index in [1.54, 1.807) is 0 Å². The highest BCUT2D eigenvalue weighted by molar-refractivity contribution is 5.66. The number of carboxylic acids is 1. The molecule has 0 aromatic rings. The Hall–Kier alpha value is -1.02. The van der Waals surface area contributed by atoms with Crippen molar-refractivity contribution < 1.29 is 35.1 Å². The molecule has 144 valence electrons. The first-order valence-electron chi connectivity index (χ1n) is 8.72. The maximum atomic E-state index is 10.2. The first kappa shape index (κ1) is 25.2. The minimum Gasteiger partial charge on any atom is -0.481 e. The van der Waals surface area contributed by atoms with Crippen molar-refractivity contribution in [3.05, 3.63) is 0 Å². The summed E-state index contributed by atoms with van der Waals surface area (Å²) in [4.78, 5) is 20.0. The summed E-state index contributed by atoms with van der Waals surface area (Å²) in [6.45, 7) is 1.54. The van der Waals surface area contributed by atoms with Crippen LogP contribution >= 0.6 is 0 Å². The number of unbranched alkanes of at least 4 members (excludes halogenated alkanes) is 8. The number of aliphatic carboxylic acids is 1. The van der Waals surface area contributed by atoms with E-state index in [1.807, 2.05) is 0 Å². The monoisotopic (exact) mass is 350 g/mol. The number of aliphatic hydroxyl groups is 4. The fraction of sp³-hybridized carbons (Fsp3) is 0.882. The van der Waals surface area contributed by atoms with E-state index in [0.717, 1.165) is 12.8 Å². The van der Waals surface area contributed by atoms with E-state index in [9.17, 15) is 9.59 Å². The molecule has 3 atom stereocenters. The van der Waals surface area contributed by atoms with E-state index < -0.39 is 30.9 Å². The van der Waals surface area contributed by atoms with Gasteiger partial charge in [-0.05, 0) is 6.42 Å². The molecule has 7 heteroatoms. The molecule has 0 aliphatic carbocycles. The second kappa shape index (κ2) is 18.3. The van der Waals surface area contributed by atoms with Gasteiger partial charge in [-0.2, -0.15) is 0 Å². The van der Waals surface area contributed by atoms with Crippen molar-refractivity contribution in [1.29, 1.82) is 0 Å². The van der Waals surface area contributed by atoms with Crippen LogP contribution in [0.15, 0.2) is 0 Å². The molecule has 3 unspecified atom stereocenters. The lowest BCUT2D eigenvalue weighted by molar-refractivity contribution is -0.137. The van der Waals surface area contributed by atoms with Gasteiger partial charge in [-0.1, -0.05) is 58.3 Å². The fourth-order valence-corrected chi connectivity index (χ4v) is 2.00. The summed E-state index contributed by atoms with van der Waals surface area (Å²) in [5.74, 6) is -0.659. The van der Waals surface area contributed by atoms with Gasteiger partial charge < -0.3 is 30.3 Å². The summed E-state index contributed by atoms with van der Waals surface area (Å²) in [5.41, 5.74) is 0. The largest absolute Gasteiger partial charge is 0.481 e. The smallest absolute Gasteiger partial charge is 0.303 e. The maximum Gasteiger partial charge on any atom is 0.303 e. The van der Waals surface area contributed by atoms with Crippen LogP contribution in [0.25, 0.3) is 0 Å². The van der Waals surface area contributed by atoms with E-state index >= 15 is 0 Å². The van der Waals surface area contributed by atoms with Crippen molar-refractivity contribution >= 4 is 12.3 Å². The second-order valence-electron chi connectivity index (χ2n) is 5.84. The molecule has 0 bridgehead atoms. The lowest BCUT2D eigenvalue weighted by Gasteiger charge is -2.16. The number of carboxylic acid groups (broad SMARTS) is 1. The predicted octanol–water partition coefficient (Wildman–Crippen LogP) is 1.25. The molecular weight excluding hydrogens is 316 g/mol. The van der Waals surface area contributed by atoms with Gasteiger partial charge >= 0.3 is 5.97 Å². The molecule has 5 N–H and O–H groups in total. The van der Waals surface area contributed by atoms with Gasteiger partial charge in [0.05, 0.1) is 6.61 Å². The topological polar surface area (TPSA) is 135 Å². The van der Waals surface area contributed by atoms with Crippen LogP contribution in [0.1, 0.15) is 71.1 Å². The molecule has 0 aliphatic rings. The highest BCUT2D eigenvalue weighted by atomic mass is 16.4. The van der Waals surface area contributed by atoms with Crippen LogP contribution in [0.3, 0.4) is 0 Å². The van der Waals surface area contributed by atoms with Gasteiger partial charge in [-0.15, -0.1) is 0 Å². The number of carbonyl (C=O) groups is 2. The van der Waals surface area contributed by atoms with Crippen LogP contribution < -0.4 is 0 Å². The Labute approximate surface area is 144 Å². The standard InChI is InChI=1S/C12H24O2.C5H10O5/c1-2-3-4-5-6-7-8-9-10-11-12(13)14;6-1-3(8)5(10)4(9)2-7/h2-11H2,1H3,(H,13,14);1,3-5,7-10H,2H2. The summed E-state index contributed by atoms with van der Waals surface area (Å²) >= 11 is 0. The van der Waals surface area contributed by atoms with E-state index in [1.165, 1.54) is 44.9 Å². The summed E-state index contributed by atoms with van der Waals surface area (Å²) in [6, 6.07) is 0. The van der Waals surface area contributed by atoms with Crippen molar-refractivity contribution in [3.8, 4) is 0 Å². The second-order valence-corrected chi connectivity index (χ2v) is 5.84.